The molecule has 1 aliphatic carbocycles. The maximum absolute atomic E-state index is 5.47. The summed E-state index contributed by atoms with van der Waals surface area (Å²) in [5.41, 5.74) is 14.7. The van der Waals surface area contributed by atoms with Crippen LogP contribution in [0.5, 0.6) is 0 Å². The molecule has 0 atom stereocenters. The van der Waals surface area contributed by atoms with E-state index in [2.05, 4.69) is 163 Å². The lowest BCUT2D eigenvalue weighted by molar-refractivity contribution is 0.660. The van der Waals surface area contributed by atoms with E-state index in [1.807, 2.05) is 78.9 Å². The number of nitrogens with zero attached hydrogens (tertiary/aromatic N) is 8. The highest BCUT2D eigenvalue weighted by Gasteiger charge is 2.35. The summed E-state index contributed by atoms with van der Waals surface area (Å²) in [7, 11) is 0. The Morgan fingerprint density at radius 2 is 0.718 bits per heavy atom. The average molecular weight is 911 g/mol. The molecule has 0 bridgehead atoms. The molecule has 4 heterocycles. The quantitative estimate of drug-likeness (QED) is 0.158. The van der Waals surface area contributed by atoms with Crippen LogP contribution in [0.3, 0.4) is 0 Å². The molecule has 9 aromatic carbocycles. The normalized spacial score (nSPS) is 12.8. The van der Waals surface area contributed by atoms with Gasteiger partial charge in [-0.3, -0.25) is 4.57 Å². The fourth-order valence-electron chi connectivity index (χ4n) is 10.8. The van der Waals surface area contributed by atoms with E-state index < -0.39 is 0 Å². The highest BCUT2D eigenvalue weighted by Crippen LogP contribution is 2.49. The van der Waals surface area contributed by atoms with Crippen molar-refractivity contribution < 1.29 is 0 Å². The van der Waals surface area contributed by atoms with Crippen LogP contribution in [0.15, 0.2) is 218 Å². The zero-order valence-corrected chi connectivity index (χ0v) is 38.9. The number of fused-ring (bicyclic) bond motifs is 10. The minimum Gasteiger partial charge on any atom is -0.307 e. The third-order valence-corrected chi connectivity index (χ3v) is 14.2. The summed E-state index contributed by atoms with van der Waals surface area (Å²) in [5.74, 6) is 3.61. The van der Waals surface area contributed by atoms with Crippen LogP contribution in [0.2, 0.25) is 0 Å². The van der Waals surface area contributed by atoms with Crippen LogP contribution in [0.4, 0.5) is 0 Å². The highest BCUT2D eigenvalue weighted by molar-refractivity contribution is 6.23. The molecule has 334 valence electrons. The molecular formula is C63H42N8. The summed E-state index contributed by atoms with van der Waals surface area (Å²) in [4.78, 5) is 31.1. The van der Waals surface area contributed by atoms with Gasteiger partial charge in [0.05, 0.1) is 22.1 Å². The molecule has 13 aromatic rings. The van der Waals surface area contributed by atoms with Crippen molar-refractivity contribution in [3.63, 3.8) is 0 Å². The van der Waals surface area contributed by atoms with Crippen LogP contribution >= 0.6 is 0 Å². The van der Waals surface area contributed by atoms with Gasteiger partial charge in [-0.15, -0.1) is 0 Å². The van der Waals surface area contributed by atoms with Gasteiger partial charge in [-0.2, -0.15) is 9.97 Å². The van der Waals surface area contributed by atoms with E-state index in [0.29, 0.717) is 35.1 Å². The molecule has 0 radical (unpaired) electrons. The first-order valence-electron chi connectivity index (χ1n) is 24.0. The van der Waals surface area contributed by atoms with Crippen molar-refractivity contribution in [2.45, 2.75) is 19.3 Å². The Labute approximate surface area is 409 Å². The van der Waals surface area contributed by atoms with Crippen LogP contribution in [-0.4, -0.2) is 39.0 Å². The zero-order valence-electron chi connectivity index (χ0n) is 38.9. The summed E-state index contributed by atoms with van der Waals surface area (Å²) in [6, 6.07) is 76.1. The van der Waals surface area contributed by atoms with E-state index in [0.717, 1.165) is 77.1 Å². The molecule has 8 heteroatoms. The Hall–Kier alpha value is -9.40. The third-order valence-electron chi connectivity index (χ3n) is 14.2. The molecule has 0 unspecified atom stereocenters. The number of aromatic nitrogens is 8. The molecule has 14 rings (SSSR count). The second-order valence-electron chi connectivity index (χ2n) is 18.7. The minimum absolute atomic E-state index is 0.189. The van der Waals surface area contributed by atoms with Crippen molar-refractivity contribution in [2.75, 3.05) is 0 Å². The molecule has 0 fully saturated rings. The molecule has 0 saturated heterocycles. The smallest absolute Gasteiger partial charge is 0.238 e. The summed E-state index contributed by atoms with van der Waals surface area (Å²) in [6.07, 6.45) is 0. The van der Waals surface area contributed by atoms with Gasteiger partial charge < -0.3 is 4.57 Å². The van der Waals surface area contributed by atoms with Gasteiger partial charge in [0.2, 0.25) is 5.95 Å². The number of rotatable bonds is 7. The molecule has 0 saturated carbocycles. The Kier molecular flexibility index (Phi) is 9.06. The fraction of sp³-hybridized carbons (Fsp3) is 0.0476. The molecule has 4 aromatic heterocycles. The van der Waals surface area contributed by atoms with E-state index in [1.165, 1.54) is 22.3 Å². The van der Waals surface area contributed by atoms with Crippen molar-refractivity contribution >= 4 is 43.6 Å². The SMILES string of the molecule is CC1(C)c2ccccc2-c2ccc(-c3nc(-c4ccccc4)nc(-n4c5ccccc5c5ccc6c7ccccc7n(-c7ccc(-c8nc(-c9ccccc9)nc(-c9ccccc9)n8)cc7)c6c54)n3)cc21. The van der Waals surface area contributed by atoms with Gasteiger partial charge in [-0.1, -0.05) is 190 Å². The summed E-state index contributed by atoms with van der Waals surface area (Å²) >= 11 is 0. The molecule has 0 amide bonds. The van der Waals surface area contributed by atoms with Crippen molar-refractivity contribution in [3.05, 3.63) is 230 Å². The van der Waals surface area contributed by atoms with Crippen molar-refractivity contribution in [2.24, 2.45) is 0 Å². The maximum Gasteiger partial charge on any atom is 0.238 e. The van der Waals surface area contributed by atoms with Crippen LogP contribution in [-0.2, 0) is 5.41 Å². The van der Waals surface area contributed by atoms with Gasteiger partial charge in [0.1, 0.15) is 0 Å². The lowest BCUT2D eigenvalue weighted by atomic mass is 9.82. The predicted octanol–water partition coefficient (Wildman–Crippen LogP) is 14.9. The Bertz CT molecular complexity index is 4180. The first-order valence-corrected chi connectivity index (χ1v) is 24.0. The average Bonchev–Trinajstić information content (AvgIpc) is 4.05. The Morgan fingerprint density at radius 1 is 0.310 bits per heavy atom. The summed E-state index contributed by atoms with van der Waals surface area (Å²) < 4.78 is 4.63. The van der Waals surface area contributed by atoms with E-state index in [1.54, 1.807) is 0 Å². The van der Waals surface area contributed by atoms with Gasteiger partial charge in [0.25, 0.3) is 0 Å². The largest absolute Gasteiger partial charge is 0.307 e. The predicted molar refractivity (Wildman–Crippen MR) is 287 cm³/mol. The number of hydrogen-bond acceptors (Lipinski definition) is 6. The van der Waals surface area contributed by atoms with Crippen molar-refractivity contribution in [1.82, 2.24) is 39.0 Å². The van der Waals surface area contributed by atoms with Crippen molar-refractivity contribution in [1.29, 1.82) is 0 Å². The number of benzene rings is 9. The fourth-order valence-corrected chi connectivity index (χ4v) is 10.8. The van der Waals surface area contributed by atoms with Gasteiger partial charge in [-0.25, -0.2) is 19.9 Å². The monoisotopic (exact) mass is 910 g/mol. The molecular weight excluding hydrogens is 869 g/mol. The van der Waals surface area contributed by atoms with Crippen LogP contribution in [0.1, 0.15) is 25.0 Å². The van der Waals surface area contributed by atoms with Crippen LogP contribution in [0.25, 0.3) is 123 Å². The van der Waals surface area contributed by atoms with Gasteiger partial charge in [0.15, 0.2) is 29.1 Å². The number of hydrogen-bond donors (Lipinski definition) is 0. The topological polar surface area (TPSA) is 87.2 Å². The summed E-state index contributed by atoms with van der Waals surface area (Å²) in [5, 5.41) is 4.47. The lowest BCUT2D eigenvalue weighted by Crippen LogP contribution is -2.15. The standard InChI is InChI=1S/C63H42N8/c1-63(2)51-27-15-12-24-45(51)46-35-32-43(38-52(46)63)61-67-60(41-22-10-5-11-23-41)68-62(69-61)71-54-29-17-14-26-48(54)50-37-36-49-47-25-13-16-28-53(47)70(55(49)56(50)71)44-33-30-42(31-34-44)59-65-57(39-18-6-3-7-19-39)64-58(66-59)40-20-8-4-9-21-40/h3-38H,1-2H3. The first kappa shape index (κ1) is 40.6. The van der Waals surface area contributed by atoms with Crippen LogP contribution in [0, 0.1) is 0 Å². The molecule has 0 N–H and O–H groups in total. The second-order valence-corrected chi connectivity index (χ2v) is 18.7. The minimum atomic E-state index is -0.189. The molecule has 0 spiro atoms. The van der Waals surface area contributed by atoms with E-state index in [9.17, 15) is 0 Å². The molecule has 0 aliphatic heterocycles. The van der Waals surface area contributed by atoms with E-state index in [-0.39, 0.29) is 5.41 Å². The molecule has 8 nitrogen and oxygen atoms in total. The van der Waals surface area contributed by atoms with E-state index in [4.69, 9.17) is 29.9 Å². The maximum atomic E-state index is 5.47. The van der Waals surface area contributed by atoms with E-state index >= 15 is 0 Å². The van der Waals surface area contributed by atoms with Crippen LogP contribution < -0.4 is 0 Å². The molecule has 1 aliphatic rings. The highest BCUT2D eigenvalue weighted by atomic mass is 15.2. The van der Waals surface area contributed by atoms with Crippen molar-refractivity contribution in [3.8, 4) is 79.7 Å². The zero-order chi connectivity index (χ0) is 47.2. The first-order chi connectivity index (χ1) is 35.0. The number of para-hydroxylation sites is 2. The lowest BCUT2D eigenvalue weighted by Gasteiger charge is -2.21. The molecule has 71 heavy (non-hydrogen) atoms. The Balaban J connectivity index is 0.992. The Morgan fingerprint density at radius 3 is 1.28 bits per heavy atom. The van der Waals surface area contributed by atoms with Gasteiger partial charge >= 0.3 is 0 Å². The summed E-state index contributed by atoms with van der Waals surface area (Å²) in [6.45, 7) is 4.62. The second kappa shape index (κ2) is 15.8. The van der Waals surface area contributed by atoms with Gasteiger partial charge in [-0.05, 0) is 64.7 Å². The third kappa shape index (κ3) is 6.45. The van der Waals surface area contributed by atoms with Gasteiger partial charge in [0, 0.05) is 60.5 Å².